The first-order valence-electron chi connectivity index (χ1n) is 14.6. The Balaban J connectivity index is 1.41. The molecule has 0 unspecified atom stereocenters. The van der Waals surface area contributed by atoms with Gasteiger partial charge >= 0.3 is 5.97 Å². The number of rotatable bonds is 4. The van der Waals surface area contributed by atoms with Crippen molar-refractivity contribution in [1.82, 2.24) is 0 Å². The zero-order valence-electron chi connectivity index (χ0n) is 24.8. The van der Waals surface area contributed by atoms with E-state index < -0.39 is 64.6 Å². The smallest absolute Gasteiger partial charge is 0.339 e. The standard InChI is InChI=1S/C35H28Br2N2O6/c1-16-10-12-22(20(36)14-16)38-30(40)25-24-18(3)27(34(44)45-19-8-6-5-7-9-19)35(4,28(25)32(38)42)29-26(24)31(41)39(33(29)43)23-13-11-17(2)15-21(23)37/h5-15,24-26,28-29H,1-4H3/t24?,25-,26-,28+,29+,35?/m1/s1. The number of carbonyl (C=O) groups excluding carboxylic acids is 5. The highest BCUT2D eigenvalue weighted by atomic mass is 79.9. The van der Waals surface area contributed by atoms with E-state index in [0.717, 1.165) is 20.9 Å². The molecule has 2 heterocycles. The topological polar surface area (TPSA) is 101 Å². The van der Waals surface area contributed by atoms with Crippen LogP contribution in [0.15, 0.2) is 86.8 Å². The maximum atomic E-state index is 14.5. The first kappa shape index (κ1) is 29.8. The van der Waals surface area contributed by atoms with Crippen molar-refractivity contribution in [2.24, 2.45) is 35.0 Å². The summed E-state index contributed by atoms with van der Waals surface area (Å²) in [5.74, 6) is -7.19. The van der Waals surface area contributed by atoms with Gasteiger partial charge < -0.3 is 4.74 Å². The van der Waals surface area contributed by atoms with Gasteiger partial charge in [0.1, 0.15) is 5.75 Å². The molecule has 8 rings (SSSR count). The lowest BCUT2D eigenvalue weighted by Gasteiger charge is -2.55. The molecule has 228 valence electrons. The highest BCUT2D eigenvalue weighted by molar-refractivity contribution is 9.11. The van der Waals surface area contributed by atoms with E-state index in [1.807, 2.05) is 38.1 Å². The number of nitrogens with zero attached hydrogens (tertiary/aromatic N) is 2. The molecule has 45 heavy (non-hydrogen) atoms. The van der Waals surface area contributed by atoms with Crippen LogP contribution in [0.2, 0.25) is 0 Å². The van der Waals surface area contributed by atoms with Gasteiger partial charge in [0.15, 0.2) is 0 Å². The molecule has 3 fully saturated rings. The number of halogens is 2. The molecule has 0 aromatic heterocycles. The molecular weight excluding hydrogens is 704 g/mol. The third kappa shape index (κ3) is 4.04. The average Bonchev–Trinajstić information content (AvgIpc) is 3.40. The van der Waals surface area contributed by atoms with Crippen molar-refractivity contribution in [2.45, 2.75) is 27.7 Å². The first-order chi connectivity index (χ1) is 21.4. The predicted molar refractivity (Wildman–Crippen MR) is 173 cm³/mol. The number of imide groups is 2. The predicted octanol–water partition coefficient (Wildman–Crippen LogP) is 6.31. The van der Waals surface area contributed by atoms with Crippen LogP contribution in [0.3, 0.4) is 0 Å². The second kappa shape index (κ2) is 10.3. The number of benzene rings is 3. The van der Waals surface area contributed by atoms with Crippen LogP contribution in [0.1, 0.15) is 25.0 Å². The minimum atomic E-state index is -1.52. The fourth-order valence-electron chi connectivity index (χ4n) is 8.31. The lowest BCUT2D eigenvalue weighted by atomic mass is 9.43. The van der Waals surface area contributed by atoms with Crippen LogP contribution in [0.5, 0.6) is 5.75 Å². The van der Waals surface area contributed by atoms with Crippen molar-refractivity contribution in [3.8, 4) is 5.75 Å². The van der Waals surface area contributed by atoms with Gasteiger partial charge in [0.25, 0.3) is 0 Å². The summed E-state index contributed by atoms with van der Waals surface area (Å²) < 4.78 is 6.95. The molecule has 2 bridgehead atoms. The highest BCUT2D eigenvalue weighted by Crippen LogP contribution is 2.69. The SMILES string of the molecule is CC1=C(C(=O)Oc2ccccc2)C2(C)[C@@H]3C(=O)N(c4ccc(C)cc4Br)C(=O)[C@@H]3C1[C@H]1C(=O)N(c3ccc(C)cc3Br)C(=O)[C@H]12. The number of hydrogen-bond donors (Lipinski definition) is 0. The van der Waals surface area contributed by atoms with E-state index in [4.69, 9.17) is 4.74 Å². The Bertz CT molecular complexity index is 1810. The fraction of sp³-hybridized carbons (Fsp3) is 0.286. The largest absolute Gasteiger partial charge is 0.423 e. The molecule has 3 aromatic rings. The number of para-hydroxylation sites is 1. The van der Waals surface area contributed by atoms with Gasteiger partial charge in [-0.05, 0) is 100 Å². The van der Waals surface area contributed by atoms with Gasteiger partial charge in [-0.15, -0.1) is 0 Å². The normalized spacial score (nSPS) is 28.6. The summed E-state index contributed by atoms with van der Waals surface area (Å²) >= 11 is 7.04. The summed E-state index contributed by atoms with van der Waals surface area (Å²) in [5.41, 5.74) is 1.79. The minimum absolute atomic E-state index is 0.177. The van der Waals surface area contributed by atoms with Gasteiger partial charge in [-0.25, -0.2) is 14.6 Å². The molecule has 10 heteroatoms. The third-order valence-corrected chi connectivity index (χ3v) is 11.3. The number of esters is 1. The van der Waals surface area contributed by atoms with E-state index in [1.54, 1.807) is 56.3 Å². The van der Waals surface area contributed by atoms with Crippen molar-refractivity contribution in [3.05, 3.63) is 97.9 Å². The van der Waals surface area contributed by atoms with E-state index >= 15 is 0 Å². The molecule has 4 atom stereocenters. The molecule has 3 aromatic carbocycles. The lowest BCUT2D eigenvalue weighted by molar-refractivity contribution is -0.152. The molecule has 5 aliphatic rings. The molecule has 4 amide bonds. The summed E-state index contributed by atoms with van der Waals surface area (Å²) in [6, 6.07) is 19.2. The van der Waals surface area contributed by atoms with Crippen molar-refractivity contribution in [1.29, 1.82) is 0 Å². The zero-order chi connectivity index (χ0) is 32.1. The van der Waals surface area contributed by atoms with Gasteiger partial charge in [-0.3, -0.25) is 19.2 Å². The number of anilines is 2. The Labute approximate surface area is 276 Å². The molecule has 0 N–H and O–H groups in total. The molecule has 3 aliphatic carbocycles. The first-order valence-corrected chi connectivity index (χ1v) is 16.2. The number of allylic oxidation sites excluding steroid dienone is 1. The summed E-state index contributed by atoms with van der Waals surface area (Å²) in [6.07, 6.45) is 0. The number of hydrogen-bond acceptors (Lipinski definition) is 6. The Hall–Kier alpha value is -3.89. The second-order valence-electron chi connectivity index (χ2n) is 12.5. The van der Waals surface area contributed by atoms with Crippen molar-refractivity contribution in [2.75, 3.05) is 9.80 Å². The fourth-order valence-corrected chi connectivity index (χ4v) is 9.65. The van der Waals surface area contributed by atoms with E-state index in [2.05, 4.69) is 31.9 Å². The van der Waals surface area contributed by atoms with Crippen LogP contribution in [0.4, 0.5) is 11.4 Å². The summed E-state index contributed by atoms with van der Waals surface area (Å²) in [6.45, 7) is 7.21. The summed E-state index contributed by atoms with van der Waals surface area (Å²) in [4.78, 5) is 74.2. The van der Waals surface area contributed by atoms with Crippen LogP contribution in [0.25, 0.3) is 0 Å². The molecule has 2 aliphatic heterocycles. The van der Waals surface area contributed by atoms with Crippen LogP contribution in [-0.4, -0.2) is 29.6 Å². The Kier molecular flexibility index (Phi) is 6.83. The van der Waals surface area contributed by atoms with E-state index in [-0.39, 0.29) is 5.57 Å². The van der Waals surface area contributed by atoms with Crippen LogP contribution >= 0.6 is 31.9 Å². The van der Waals surface area contributed by atoms with E-state index in [9.17, 15) is 24.0 Å². The van der Waals surface area contributed by atoms with Crippen molar-refractivity contribution < 1.29 is 28.7 Å². The second-order valence-corrected chi connectivity index (χ2v) is 14.2. The van der Waals surface area contributed by atoms with Crippen LogP contribution in [-0.2, 0) is 24.0 Å². The Morgan fingerprint density at radius 2 is 1.16 bits per heavy atom. The molecule has 0 radical (unpaired) electrons. The highest BCUT2D eigenvalue weighted by Gasteiger charge is 2.77. The van der Waals surface area contributed by atoms with E-state index in [1.165, 1.54) is 0 Å². The van der Waals surface area contributed by atoms with E-state index in [0.29, 0.717) is 31.6 Å². The lowest BCUT2D eigenvalue weighted by Crippen LogP contribution is -2.61. The quantitative estimate of drug-likeness (QED) is 0.177. The van der Waals surface area contributed by atoms with Crippen LogP contribution < -0.4 is 14.5 Å². The number of ether oxygens (including phenoxy) is 1. The minimum Gasteiger partial charge on any atom is -0.423 e. The average molecular weight is 732 g/mol. The van der Waals surface area contributed by atoms with Crippen molar-refractivity contribution in [3.63, 3.8) is 0 Å². The summed E-state index contributed by atoms with van der Waals surface area (Å²) in [7, 11) is 0. The van der Waals surface area contributed by atoms with Crippen molar-refractivity contribution >= 4 is 72.8 Å². The number of carbonyl (C=O) groups is 5. The molecule has 8 nitrogen and oxygen atoms in total. The monoisotopic (exact) mass is 730 g/mol. The van der Waals surface area contributed by atoms with Gasteiger partial charge in [0.2, 0.25) is 23.6 Å². The van der Waals surface area contributed by atoms with Gasteiger partial charge in [-0.2, -0.15) is 0 Å². The van der Waals surface area contributed by atoms with Gasteiger partial charge in [-0.1, -0.05) is 42.8 Å². The molecule has 0 spiro atoms. The maximum Gasteiger partial charge on any atom is 0.339 e. The van der Waals surface area contributed by atoms with Crippen LogP contribution in [0, 0.1) is 48.9 Å². The molecule has 1 saturated carbocycles. The maximum absolute atomic E-state index is 14.5. The summed E-state index contributed by atoms with van der Waals surface area (Å²) in [5, 5.41) is 0. The molecule has 2 saturated heterocycles. The van der Waals surface area contributed by atoms with Gasteiger partial charge in [0.05, 0.1) is 35.0 Å². The Morgan fingerprint density at radius 1 is 0.689 bits per heavy atom. The number of aryl methyl sites for hydroxylation is 2. The number of amides is 4. The third-order valence-electron chi connectivity index (χ3n) is 10.0. The van der Waals surface area contributed by atoms with Gasteiger partial charge in [0, 0.05) is 25.9 Å². The zero-order valence-corrected chi connectivity index (χ0v) is 28.0. The Morgan fingerprint density at radius 3 is 1.60 bits per heavy atom. The molecular formula is C35H28Br2N2O6.